The zero-order valence-electron chi connectivity index (χ0n) is 10.8. The SMILES string of the molecule is CCCN1C(=O)C(CCN)N(C)CCC1C. The molecule has 0 aromatic carbocycles. The van der Waals surface area contributed by atoms with Crippen LogP contribution in [0.2, 0.25) is 0 Å². The van der Waals surface area contributed by atoms with Gasteiger partial charge in [-0.3, -0.25) is 9.69 Å². The Morgan fingerprint density at radius 1 is 1.50 bits per heavy atom. The molecule has 2 N–H and O–H groups in total. The summed E-state index contributed by atoms with van der Waals surface area (Å²) in [6.45, 7) is 6.70. The van der Waals surface area contributed by atoms with Gasteiger partial charge in [-0.2, -0.15) is 0 Å². The molecule has 0 aliphatic carbocycles. The fraction of sp³-hybridized carbons (Fsp3) is 0.917. The molecule has 1 amide bonds. The summed E-state index contributed by atoms with van der Waals surface area (Å²) in [4.78, 5) is 16.6. The monoisotopic (exact) mass is 227 g/mol. The summed E-state index contributed by atoms with van der Waals surface area (Å²) in [5, 5.41) is 0. The maximum absolute atomic E-state index is 12.4. The van der Waals surface area contributed by atoms with Crippen LogP contribution in [0.3, 0.4) is 0 Å². The van der Waals surface area contributed by atoms with Gasteiger partial charge in [0.2, 0.25) is 5.91 Å². The van der Waals surface area contributed by atoms with E-state index < -0.39 is 0 Å². The quantitative estimate of drug-likeness (QED) is 0.768. The number of carbonyl (C=O) groups excluding carboxylic acids is 1. The number of rotatable bonds is 4. The zero-order chi connectivity index (χ0) is 12.1. The van der Waals surface area contributed by atoms with Crippen molar-refractivity contribution in [1.82, 2.24) is 9.80 Å². The van der Waals surface area contributed by atoms with Crippen molar-refractivity contribution in [3.8, 4) is 0 Å². The lowest BCUT2D eigenvalue weighted by Gasteiger charge is -2.30. The van der Waals surface area contributed by atoms with Crippen LogP contribution in [0, 0.1) is 0 Å². The number of carbonyl (C=O) groups is 1. The lowest BCUT2D eigenvalue weighted by atomic mass is 10.1. The van der Waals surface area contributed by atoms with Crippen LogP contribution >= 0.6 is 0 Å². The van der Waals surface area contributed by atoms with Gasteiger partial charge in [0.05, 0.1) is 6.04 Å². The molecule has 16 heavy (non-hydrogen) atoms. The Kier molecular flexibility index (Phi) is 5.22. The van der Waals surface area contributed by atoms with Crippen LogP contribution in [0.15, 0.2) is 0 Å². The van der Waals surface area contributed by atoms with E-state index in [1.165, 1.54) is 0 Å². The van der Waals surface area contributed by atoms with E-state index in [0.29, 0.717) is 12.6 Å². The highest BCUT2D eigenvalue weighted by Crippen LogP contribution is 2.17. The Morgan fingerprint density at radius 3 is 2.75 bits per heavy atom. The summed E-state index contributed by atoms with van der Waals surface area (Å²) in [6, 6.07) is 0.346. The minimum Gasteiger partial charge on any atom is -0.339 e. The summed E-state index contributed by atoms with van der Waals surface area (Å²) in [7, 11) is 2.03. The van der Waals surface area contributed by atoms with E-state index in [-0.39, 0.29) is 11.9 Å². The highest BCUT2D eigenvalue weighted by molar-refractivity contribution is 5.82. The molecule has 4 heteroatoms. The largest absolute Gasteiger partial charge is 0.339 e. The lowest BCUT2D eigenvalue weighted by molar-refractivity contribution is -0.136. The van der Waals surface area contributed by atoms with Gasteiger partial charge in [-0.05, 0) is 39.8 Å². The second-order valence-corrected chi connectivity index (χ2v) is 4.74. The van der Waals surface area contributed by atoms with Gasteiger partial charge < -0.3 is 10.6 Å². The molecule has 1 rings (SSSR count). The van der Waals surface area contributed by atoms with Gasteiger partial charge >= 0.3 is 0 Å². The highest BCUT2D eigenvalue weighted by Gasteiger charge is 2.32. The Hall–Kier alpha value is -0.610. The molecule has 1 aliphatic rings. The fourth-order valence-corrected chi connectivity index (χ4v) is 2.37. The number of hydrogen-bond donors (Lipinski definition) is 1. The standard InChI is InChI=1S/C12H25N3O/c1-4-8-15-10(2)6-9-14(3)11(5-7-13)12(15)16/h10-11H,4-9,13H2,1-3H3. The predicted molar refractivity (Wildman–Crippen MR) is 66.2 cm³/mol. The third kappa shape index (κ3) is 2.95. The van der Waals surface area contributed by atoms with Crippen molar-refractivity contribution in [2.75, 3.05) is 26.7 Å². The fourth-order valence-electron chi connectivity index (χ4n) is 2.37. The smallest absolute Gasteiger partial charge is 0.240 e. The van der Waals surface area contributed by atoms with E-state index in [2.05, 4.69) is 18.7 Å². The topological polar surface area (TPSA) is 49.6 Å². The minimum absolute atomic E-state index is 0.0125. The number of nitrogens with zero attached hydrogens (tertiary/aromatic N) is 2. The van der Waals surface area contributed by atoms with Crippen LogP contribution in [0.4, 0.5) is 0 Å². The van der Waals surface area contributed by atoms with Crippen molar-refractivity contribution in [3.63, 3.8) is 0 Å². The van der Waals surface area contributed by atoms with Gasteiger partial charge in [-0.15, -0.1) is 0 Å². The molecule has 0 radical (unpaired) electrons. The Labute approximate surface area is 98.8 Å². The van der Waals surface area contributed by atoms with Crippen molar-refractivity contribution < 1.29 is 4.79 Å². The normalized spacial score (nSPS) is 28.2. The van der Waals surface area contributed by atoms with Crippen LogP contribution in [0.25, 0.3) is 0 Å². The average molecular weight is 227 g/mol. The van der Waals surface area contributed by atoms with Gasteiger partial charge in [0.25, 0.3) is 0 Å². The molecule has 1 heterocycles. The Morgan fingerprint density at radius 2 is 2.19 bits per heavy atom. The first kappa shape index (κ1) is 13.5. The number of likely N-dealkylation sites (N-methyl/N-ethyl adjacent to an activating group) is 1. The molecule has 1 fully saturated rings. The second kappa shape index (κ2) is 6.21. The van der Waals surface area contributed by atoms with Gasteiger partial charge in [-0.25, -0.2) is 0 Å². The van der Waals surface area contributed by atoms with E-state index in [4.69, 9.17) is 5.73 Å². The molecule has 1 aliphatic heterocycles. The summed E-state index contributed by atoms with van der Waals surface area (Å²) >= 11 is 0. The van der Waals surface area contributed by atoms with Crippen LogP contribution in [0.1, 0.15) is 33.1 Å². The van der Waals surface area contributed by atoms with E-state index in [1.54, 1.807) is 0 Å². The number of amides is 1. The van der Waals surface area contributed by atoms with E-state index in [1.807, 2.05) is 11.9 Å². The van der Waals surface area contributed by atoms with Crippen molar-refractivity contribution >= 4 is 5.91 Å². The Bertz CT molecular complexity index is 210. The zero-order valence-corrected chi connectivity index (χ0v) is 10.8. The van der Waals surface area contributed by atoms with E-state index in [9.17, 15) is 4.79 Å². The van der Waals surface area contributed by atoms with Crippen LogP contribution in [-0.2, 0) is 4.79 Å². The highest BCUT2D eigenvalue weighted by atomic mass is 16.2. The molecule has 2 atom stereocenters. The molecule has 4 nitrogen and oxygen atoms in total. The number of hydrogen-bond acceptors (Lipinski definition) is 3. The molecular weight excluding hydrogens is 202 g/mol. The van der Waals surface area contributed by atoms with Crippen LogP contribution < -0.4 is 5.73 Å². The molecule has 94 valence electrons. The predicted octanol–water partition coefficient (Wildman–Crippen LogP) is 0.666. The third-order valence-corrected chi connectivity index (χ3v) is 3.44. The van der Waals surface area contributed by atoms with Gasteiger partial charge in [0.1, 0.15) is 0 Å². The minimum atomic E-state index is -0.0125. The molecular formula is C12H25N3O. The van der Waals surface area contributed by atoms with Crippen molar-refractivity contribution in [2.45, 2.75) is 45.2 Å². The third-order valence-electron chi connectivity index (χ3n) is 3.44. The van der Waals surface area contributed by atoms with E-state index >= 15 is 0 Å². The molecule has 0 aromatic rings. The molecule has 0 aromatic heterocycles. The second-order valence-electron chi connectivity index (χ2n) is 4.74. The van der Waals surface area contributed by atoms with E-state index in [0.717, 1.165) is 32.4 Å². The summed E-state index contributed by atoms with van der Waals surface area (Å²) < 4.78 is 0. The molecule has 0 saturated carbocycles. The Balaban J connectivity index is 2.79. The number of nitrogens with two attached hydrogens (primary N) is 1. The molecule has 1 saturated heterocycles. The van der Waals surface area contributed by atoms with Crippen LogP contribution in [-0.4, -0.2) is 54.5 Å². The first-order valence-electron chi connectivity index (χ1n) is 6.32. The lowest BCUT2D eigenvalue weighted by Crippen LogP contribution is -2.47. The maximum Gasteiger partial charge on any atom is 0.240 e. The van der Waals surface area contributed by atoms with Gasteiger partial charge in [-0.1, -0.05) is 6.92 Å². The molecule has 2 unspecified atom stereocenters. The average Bonchev–Trinajstić information content (AvgIpc) is 2.36. The first-order chi connectivity index (χ1) is 7.61. The van der Waals surface area contributed by atoms with Crippen molar-refractivity contribution in [1.29, 1.82) is 0 Å². The summed E-state index contributed by atoms with van der Waals surface area (Å²) in [5.41, 5.74) is 5.59. The first-order valence-corrected chi connectivity index (χ1v) is 6.32. The van der Waals surface area contributed by atoms with Gasteiger partial charge in [0.15, 0.2) is 0 Å². The van der Waals surface area contributed by atoms with Crippen molar-refractivity contribution in [2.24, 2.45) is 5.73 Å². The van der Waals surface area contributed by atoms with Crippen LogP contribution in [0.5, 0.6) is 0 Å². The molecule has 0 bridgehead atoms. The van der Waals surface area contributed by atoms with Gasteiger partial charge in [0, 0.05) is 19.1 Å². The maximum atomic E-state index is 12.4. The molecule has 0 spiro atoms. The summed E-state index contributed by atoms with van der Waals surface area (Å²) in [6.07, 6.45) is 2.85. The summed E-state index contributed by atoms with van der Waals surface area (Å²) in [5.74, 6) is 0.264. The van der Waals surface area contributed by atoms with Crippen molar-refractivity contribution in [3.05, 3.63) is 0 Å².